The Morgan fingerprint density at radius 2 is 2.04 bits per heavy atom. The Balaban J connectivity index is 1.59. The second-order valence-corrected chi connectivity index (χ2v) is 10.2. The lowest BCUT2D eigenvalue weighted by molar-refractivity contribution is -0.124. The van der Waals surface area contributed by atoms with E-state index in [1.165, 1.54) is 10.4 Å². The molecular formula is C18H22ClN3O3S2. The molecule has 1 N–H and O–H groups in total. The highest BCUT2D eigenvalue weighted by atomic mass is 35.5. The van der Waals surface area contributed by atoms with Gasteiger partial charge in [0.05, 0.1) is 4.34 Å². The van der Waals surface area contributed by atoms with Gasteiger partial charge in [-0.1, -0.05) is 29.8 Å². The zero-order valence-corrected chi connectivity index (χ0v) is 17.4. The van der Waals surface area contributed by atoms with Crippen molar-refractivity contribution in [3.8, 4) is 0 Å². The molecule has 6 nitrogen and oxygen atoms in total. The number of carbonyl (C=O) groups excluding carboxylic acids is 1. The number of sulfonamides is 1. The van der Waals surface area contributed by atoms with Gasteiger partial charge in [-0.3, -0.25) is 4.79 Å². The van der Waals surface area contributed by atoms with Gasteiger partial charge in [-0.25, -0.2) is 8.42 Å². The van der Waals surface area contributed by atoms with Crippen LogP contribution in [0.3, 0.4) is 0 Å². The lowest BCUT2D eigenvalue weighted by Crippen LogP contribution is -2.47. The molecule has 3 rings (SSSR count). The third kappa shape index (κ3) is 4.63. The molecule has 1 aliphatic heterocycles. The van der Waals surface area contributed by atoms with Crippen molar-refractivity contribution in [1.82, 2.24) is 9.62 Å². The molecule has 1 aliphatic rings. The van der Waals surface area contributed by atoms with E-state index in [0.29, 0.717) is 36.8 Å². The molecule has 2 aromatic rings. The van der Waals surface area contributed by atoms with Crippen LogP contribution in [0.4, 0.5) is 5.69 Å². The van der Waals surface area contributed by atoms with E-state index in [2.05, 4.69) is 5.32 Å². The maximum absolute atomic E-state index is 12.8. The third-order valence-electron chi connectivity index (χ3n) is 4.56. The summed E-state index contributed by atoms with van der Waals surface area (Å²) in [6.45, 7) is 1.43. The van der Waals surface area contributed by atoms with Crippen LogP contribution in [-0.2, 0) is 14.8 Å². The normalized spacial score (nSPS) is 17.8. The minimum absolute atomic E-state index is 0.177. The average Bonchev–Trinajstić information content (AvgIpc) is 3.32. The lowest BCUT2D eigenvalue weighted by Gasteiger charge is -2.24. The number of rotatable bonds is 7. The monoisotopic (exact) mass is 427 g/mol. The number of hydrogen-bond acceptors (Lipinski definition) is 5. The van der Waals surface area contributed by atoms with E-state index in [1.807, 2.05) is 42.3 Å². The SMILES string of the molecule is CN(CCNC(=O)[C@@H]1CCCN1S(=O)(=O)c1ccc(Cl)s1)c1ccccc1. The van der Waals surface area contributed by atoms with Crippen molar-refractivity contribution in [3.63, 3.8) is 0 Å². The molecule has 0 radical (unpaired) electrons. The predicted octanol–water partition coefficient (Wildman–Crippen LogP) is 2.81. The number of likely N-dealkylation sites (N-methyl/N-ethyl adjacent to an activating group) is 1. The largest absolute Gasteiger partial charge is 0.373 e. The summed E-state index contributed by atoms with van der Waals surface area (Å²) in [6, 6.07) is 12.3. The van der Waals surface area contributed by atoms with Crippen LogP contribution in [-0.4, -0.2) is 51.4 Å². The molecule has 1 aromatic carbocycles. The van der Waals surface area contributed by atoms with E-state index in [0.717, 1.165) is 17.0 Å². The molecule has 0 aliphatic carbocycles. The van der Waals surface area contributed by atoms with Gasteiger partial charge < -0.3 is 10.2 Å². The number of nitrogens with one attached hydrogen (secondary N) is 1. The van der Waals surface area contributed by atoms with E-state index < -0.39 is 16.1 Å². The number of thiophene rings is 1. The summed E-state index contributed by atoms with van der Waals surface area (Å²) < 4.78 is 27.5. The zero-order valence-electron chi connectivity index (χ0n) is 15.0. The molecule has 1 atom stereocenters. The van der Waals surface area contributed by atoms with Gasteiger partial charge >= 0.3 is 0 Å². The second kappa shape index (κ2) is 8.60. The van der Waals surface area contributed by atoms with Crippen molar-refractivity contribution in [1.29, 1.82) is 0 Å². The van der Waals surface area contributed by atoms with Crippen LogP contribution in [0.25, 0.3) is 0 Å². The van der Waals surface area contributed by atoms with E-state index in [-0.39, 0.29) is 10.1 Å². The number of anilines is 1. The van der Waals surface area contributed by atoms with E-state index >= 15 is 0 Å². The van der Waals surface area contributed by atoms with Gasteiger partial charge in [0.1, 0.15) is 10.3 Å². The van der Waals surface area contributed by atoms with Gasteiger partial charge in [0.15, 0.2) is 0 Å². The van der Waals surface area contributed by atoms with E-state index in [4.69, 9.17) is 11.6 Å². The highest BCUT2D eigenvalue weighted by molar-refractivity contribution is 7.91. The number of carbonyl (C=O) groups is 1. The first-order valence-corrected chi connectivity index (χ1v) is 11.3. The van der Waals surface area contributed by atoms with Crippen LogP contribution < -0.4 is 10.2 Å². The first kappa shape index (κ1) is 20.1. The Bertz CT molecular complexity index is 886. The number of hydrogen-bond donors (Lipinski definition) is 1. The van der Waals surface area contributed by atoms with Crippen molar-refractivity contribution in [2.75, 3.05) is 31.6 Å². The van der Waals surface area contributed by atoms with E-state index in [9.17, 15) is 13.2 Å². The quantitative estimate of drug-likeness (QED) is 0.737. The molecule has 27 heavy (non-hydrogen) atoms. The molecule has 1 saturated heterocycles. The predicted molar refractivity (Wildman–Crippen MR) is 109 cm³/mol. The fraction of sp³-hybridized carbons (Fsp3) is 0.389. The van der Waals surface area contributed by atoms with Crippen molar-refractivity contribution >= 4 is 44.6 Å². The average molecular weight is 428 g/mol. The summed E-state index contributed by atoms with van der Waals surface area (Å²) in [4.78, 5) is 14.6. The van der Waals surface area contributed by atoms with Gasteiger partial charge in [-0.2, -0.15) is 4.31 Å². The molecular weight excluding hydrogens is 406 g/mol. The van der Waals surface area contributed by atoms with Gasteiger partial charge in [-0.15, -0.1) is 11.3 Å². The number of amides is 1. The summed E-state index contributed by atoms with van der Waals surface area (Å²) in [7, 11) is -1.75. The van der Waals surface area contributed by atoms with Crippen molar-refractivity contribution < 1.29 is 13.2 Å². The summed E-state index contributed by atoms with van der Waals surface area (Å²) in [5.74, 6) is -0.250. The standard InChI is InChI=1S/C18H22ClN3O3S2/c1-21(14-6-3-2-4-7-14)13-11-20-18(23)15-8-5-12-22(15)27(24,25)17-10-9-16(19)26-17/h2-4,6-7,9-10,15H,5,8,11-13H2,1H3,(H,20,23)/t15-/m0/s1. The Morgan fingerprint density at radius 3 is 2.70 bits per heavy atom. The number of nitrogens with zero attached hydrogens (tertiary/aromatic N) is 2. The molecule has 0 bridgehead atoms. The number of halogens is 1. The maximum Gasteiger partial charge on any atom is 0.253 e. The third-order valence-corrected chi connectivity index (χ3v) is 8.17. The Labute approximate surface area is 168 Å². The Hall–Kier alpha value is -1.61. The fourth-order valence-electron chi connectivity index (χ4n) is 3.12. The van der Waals surface area contributed by atoms with Crippen LogP contribution in [0.5, 0.6) is 0 Å². The van der Waals surface area contributed by atoms with Gasteiger partial charge in [0.2, 0.25) is 5.91 Å². The van der Waals surface area contributed by atoms with Crippen LogP contribution in [0, 0.1) is 0 Å². The van der Waals surface area contributed by atoms with Gasteiger partial charge in [0.25, 0.3) is 10.0 Å². The Kier molecular flexibility index (Phi) is 6.41. The summed E-state index contributed by atoms with van der Waals surface area (Å²) in [6.07, 6.45) is 1.19. The zero-order chi connectivity index (χ0) is 19.4. The molecule has 1 amide bonds. The molecule has 2 heterocycles. The van der Waals surface area contributed by atoms with Crippen LogP contribution in [0.2, 0.25) is 4.34 Å². The molecule has 0 unspecified atom stereocenters. The minimum Gasteiger partial charge on any atom is -0.373 e. The molecule has 0 spiro atoms. The van der Waals surface area contributed by atoms with Crippen molar-refractivity contribution in [2.45, 2.75) is 23.1 Å². The summed E-state index contributed by atoms with van der Waals surface area (Å²) in [5.41, 5.74) is 1.06. The highest BCUT2D eigenvalue weighted by Crippen LogP contribution is 2.32. The molecule has 146 valence electrons. The van der Waals surface area contributed by atoms with Crippen LogP contribution >= 0.6 is 22.9 Å². The molecule has 1 fully saturated rings. The molecule has 0 saturated carbocycles. The summed E-state index contributed by atoms with van der Waals surface area (Å²) >= 11 is 6.88. The van der Waals surface area contributed by atoms with Gasteiger partial charge in [0, 0.05) is 32.4 Å². The smallest absolute Gasteiger partial charge is 0.253 e. The van der Waals surface area contributed by atoms with Crippen molar-refractivity contribution in [3.05, 3.63) is 46.8 Å². The second-order valence-electron chi connectivity index (χ2n) is 6.38. The van der Waals surface area contributed by atoms with Crippen LogP contribution in [0.15, 0.2) is 46.7 Å². The Morgan fingerprint density at radius 1 is 1.30 bits per heavy atom. The lowest BCUT2D eigenvalue weighted by atomic mass is 10.2. The van der Waals surface area contributed by atoms with Gasteiger partial charge in [-0.05, 0) is 37.1 Å². The molecule has 1 aromatic heterocycles. The first-order chi connectivity index (χ1) is 12.9. The highest BCUT2D eigenvalue weighted by Gasteiger charge is 2.39. The van der Waals surface area contributed by atoms with E-state index in [1.54, 1.807) is 6.07 Å². The number of benzene rings is 1. The van der Waals surface area contributed by atoms with Crippen LogP contribution in [0.1, 0.15) is 12.8 Å². The summed E-state index contributed by atoms with van der Waals surface area (Å²) in [5, 5.41) is 2.87. The maximum atomic E-state index is 12.8. The number of para-hydroxylation sites is 1. The topological polar surface area (TPSA) is 69.7 Å². The minimum atomic E-state index is -3.70. The fourth-order valence-corrected chi connectivity index (χ4v) is 6.39. The molecule has 9 heteroatoms. The van der Waals surface area contributed by atoms with Crippen molar-refractivity contribution in [2.24, 2.45) is 0 Å². The first-order valence-electron chi connectivity index (χ1n) is 8.70.